The zero-order chi connectivity index (χ0) is 17.5. The third-order valence-corrected chi connectivity index (χ3v) is 4.30. The van der Waals surface area contributed by atoms with Gasteiger partial charge in [0.25, 0.3) is 0 Å². The largest absolute Gasteiger partial charge is 0.384 e. The third-order valence-electron chi connectivity index (χ3n) is 4.30. The van der Waals surface area contributed by atoms with Gasteiger partial charge in [-0.15, -0.1) is 0 Å². The fraction of sp³-hybridized carbons (Fsp3) is 0.556. The van der Waals surface area contributed by atoms with Gasteiger partial charge in [-0.1, -0.05) is 6.07 Å². The van der Waals surface area contributed by atoms with Gasteiger partial charge in [-0.25, -0.2) is 0 Å². The van der Waals surface area contributed by atoms with Crippen molar-refractivity contribution in [2.75, 3.05) is 50.8 Å². The lowest BCUT2D eigenvalue weighted by atomic mass is 9.98. The quantitative estimate of drug-likeness (QED) is 0.765. The maximum atomic E-state index is 12.4. The average Bonchev–Trinajstić information content (AvgIpc) is 2.62. The van der Waals surface area contributed by atoms with Crippen LogP contribution in [0.2, 0.25) is 0 Å². The lowest BCUT2D eigenvalue weighted by Crippen LogP contribution is -2.37. The Balaban J connectivity index is 2.25. The second-order valence-corrected chi connectivity index (χ2v) is 5.86. The van der Waals surface area contributed by atoms with Crippen LogP contribution in [0.5, 0.6) is 0 Å². The molecule has 0 aromatic heterocycles. The summed E-state index contributed by atoms with van der Waals surface area (Å²) in [7, 11) is 4.95. The molecule has 0 unspecified atom stereocenters. The molecule has 1 aromatic carbocycles. The van der Waals surface area contributed by atoms with E-state index in [1.54, 1.807) is 26.2 Å². The number of hydrogen-bond acceptors (Lipinski definition) is 4. The molecule has 0 saturated heterocycles. The molecule has 132 valence electrons. The van der Waals surface area contributed by atoms with E-state index < -0.39 is 0 Å². The number of ether oxygens (including phenoxy) is 2. The molecule has 0 aliphatic carbocycles. The number of carbonyl (C=O) groups is 2. The second kappa shape index (κ2) is 8.80. The topological polar surface area (TPSA) is 59.1 Å². The summed E-state index contributed by atoms with van der Waals surface area (Å²) in [6, 6.07) is 5.79. The van der Waals surface area contributed by atoms with E-state index in [1.807, 2.05) is 23.1 Å². The predicted octanol–water partition coefficient (Wildman–Crippen LogP) is 2.00. The highest BCUT2D eigenvalue weighted by molar-refractivity contribution is 5.98. The number of nitrogens with zero attached hydrogens (tertiary/aromatic N) is 2. The van der Waals surface area contributed by atoms with Crippen LogP contribution in [0.3, 0.4) is 0 Å². The summed E-state index contributed by atoms with van der Waals surface area (Å²) in [4.78, 5) is 28.2. The third kappa shape index (κ3) is 4.13. The van der Waals surface area contributed by atoms with Crippen molar-refractivity contribution in [1.29, 1.82) is 0 Å². The first-order valence-electron chi connectivity index (χ1n) is 8.26. The summed E-state index contributed by atoms with van der Waals surface area (Å²) in [6.07, 6.45) is 2.46. The summed E-state index contributed by atoms with van der Waals surface area (Å²) < 4.78 is 9.99. The van der Waals surface area contributed by atoms with E-state index in [4.69, 9.17) is 9.47 Å². The zero-order valence-electron chi connectivity index (χ0n) is 14.7. The van der Waals surface area contributed by atoms with Gasteiger partial charge in [0.2, 0.25) is 11.8 Å². The molecule has 2 amide bonds. The first-order chi connectivity index (χ1) is 11.6. The molecule has 0 fully saturated rings. The van der Waals surface area contributed by atoms with Gasteiger partial charge in [0, 0.05) is 39.2 Å². The van der Waals surface area contributed by atoms with Gasteiger partial charge in [-0.3, -0.25) is 9.59 Å². The van der Waals surface area contributed by atoms with Gasteiger partial charge in [0.15, 0.2) is 0 Å². The maximum Gasteiger partial charge on any atom is 0.229 e. The molecule has 0 N–H and O–H groups in total. The molecule has 1 aliphatic heterocycles. The maximum absolute atomic E-state index is 12.4. The second-order valence-electron chi connectivity index (χ2n) is 5.86. The molecule has 1 aromatic rings. The number of rotatable bonds is 7. The van der Waals surface area contributed by atoms with Gasteiger partial charge in [0.05, 0.1) is 26.1 Å². The van der Waals surface area contributed by atoms with Gasteiger partial charge in [0.1, 0.15) is 0 Å². The van der Waals surface area contributed by atoms with Crippen LogP contribution in [0.15, 0.2) is 18.2 Å². The van der Waals surface area contributed by atoms with Crippen LogP contribution in [0.1, 0.15) is 24.8 Å². The normalized spacial score (nSPS) is 13.5. The number of carbonyl (C=O) groups excluding carboxylic acids is 2. The molecule has 0 atom stereocenters. The number of amides is 2. The molecule has 6 heteroatoms. The van der Waals surface area contributed by atoms with Gasteiger partial charge in [-0.05, 0) is 30.5 Å². The number of benzene rings is 1. The Morgan fingerprint density at radius 2 is 1.88 bits per heavy atom. The summed E-state index contributed by atoms with van der Waals surface area (Å²) in [5.41, 5.74) is 2.84. The molecule has 1 aliphatic rings. The number of hydrogen-bond donors (Lipinski definition) is 0. The molecule has 1 heterocycles. The minimum Gasteiger partial charge on any atom is -0.384 e. The van der Waals surface area contributed by atoms with Crippen molar-refractivity contribution >= 4 is 23.2 Å². The average molecular weight is 334 g/mol. The summed E-state index contributed by atoms with van der Waals surface area (Å²) in [5, 5.41) is 0. The first-order valence-corrected chi connectivity index (χ1v) is 8.26. The Morgan fingerprint density at radius 3 is 2.58 bits per heavy atom. The summed E-state index contributed by atoms with van der Waals surface area (Å²) >= 11 is 0. The van der Waals surface area contributed by atoms with Crippen molar-refractivity contribution in [3.05, 3.63) is 23.8 Å². The lowest BCUT2D eigenvalue weighted by molar-refractivity contribution is -0.120. The predicted molar refractivity (Wildman–Crippen MR) is 93.5 cm³/mol. The van der Waals surface area contributed by atoms with Crippen LogP contribution in [0.4, 0.5) is 11.4 Å². The van der Waals surface area contributed by atoms with E-state index >= 15 is 0 Å². The number of fused-ring (bicyclic) bond motifs is 1. The monoisotopic (exact) mass is 334 g/mol. The summed E-state index contributed by atoms with van der Waals surface area (Å²) in [5.74, 6) is 0.0661. The van der Waals surface area contributed by atoms with Gasteiger partial charge in [-0.2, -0.15) is 0 Å². The van der Waals surface area contributed by atoms with Crippen LogP contribution in [-0.4, -0.2) is 52.8 Å². The fourth-order valence-corrected chi connectivity index (χ4v) is 3.00. The standard InChI is InChI=1S/C18H26N2O4/c1-19(17(21)9-12-23-2)15-7-4-8-16-14(15)6-5-11-20(16)18(22)10-13-24-3/h4,7-8H,5-6,9-13H2,1-3H3. The minimum absolute atomic E-state index is 0.00748. The number of anilines is 2. The van der Waals surface area contributed by atoms with Crippen LogP contribution in [-0.2, 0) is 25.5 Å². The Hall–Kier alpha value is -1.92. The SMILES string of the molecule is COCCC(=O)N(C)c1cccc2c1CCCN2C(=O)CCOC. The highest BCUT2D eigenvalue weighted by Gasteiger charge is 2.26. The van der Waals surface area contributed by atoms with Gasteiger partial charge >= 0.3 is 0 Å². The van der Waals surface area contributed by atoms with Crippen molar-refractivity contribution in [3.8, 4) is 0 Å². The molecule has 0 saturated carbocycles. The van der Waals surface area contributed by atoms with Crippen molar-refractivity contribution < 1.29 is 19.1 Å². The zero-order valence-corrected chi connectivity index (χ0v) is 14.7. The lowest BCUT2D eigenvalue weighted by Gasteiger charge is -2.32. The highest BCUT2D eigenvalue weighted by atomic mass is 16.5. The fourth-order valence-electron chi connectivity index (χ4n) is 3.00. The Morgan fingerprint density at radius 1 is 1.17 bits per heavy atom. The van der Waals surface area contributed by atoms with Gasteiger partial charge < -0.3 is 19.3 Å². The first kappa shape index (κ1) is 18.4. The van der Waals surface area contributed by atoms with Crippen molar-refractivity contribution in [3.63, 3.8) is 0 Å². The van der Waals surface area contributed by atoms with E-state index in [9.17, 15) is 9.59 Å². The smallest absolute Gasteiger partial charge is 0.229 e. The summed E-state index contributed by atoms with van der Waals surface area (Å²) in [6.45, 7) is 1.53. The molecular weight excluding hydrogens is 308 g/mol. The highest BCUT2D eigenvalue weighted by Crippen LogP contribution is 2.35. The van der Waals surface area contributed by atoms with E-state index in [-0.39, 0.29) is 11.8 Å². The Kier molecular flexibility index (Phi) is 6.75. The van der Waals surface area contributed by atoms with E-state index in [0.717, 1.165) is 29.8 Å². The molecule has 0 bridgehead atoms. The van der Waals surface area contributed by atoms with E-state index in [2.05, 4.69) is 0 Å². The molecule has 24 heavy (non-hydrogen) atoms. The van der Waals surface area contributed by atoms with Crippen molar-refractivity contribution in [1.82, 2.24) is 0 Å². The van der Waals surface area contributed by atoms with Crippen LogP contribution < -0.4 is 9.80 Å². The molecule has 2 rings (SSSR count). The van der Waals surface area contributed by atoms with E-state index in [1.165, 1.54) is 0 Å². The van der Waals surface area contributed by atoms with E-state index in [0.29, 0.717) is 32.6 Å². The van der Waals surface area contributed by atoms with Crippen LogP contribution in [0, 0.1) is 0 Å². The molecular formula is C18H26N2O4. The van der Waals surface area contributed by atoms with Crippen LogP contribution >= 0.6 is 0 Å². The number of methoxy groups -OCH3 is 2. The van der Waals surface area contributed by atoms with Crippen LogP contribution in [0.25, 0.3) is 0 Å². The molecule has 0 spiro atoms. The Bertz CT molecular complexity index is 574. The molecule has 0 radical (unpaired) electrons. The van der Waals surface area contributed by atoms with Crippen molar-refractivity contribution in [2.45, 2.75) is 25.7 Å². The molecule has 6 nitrogen and oxygen atoms in total. The Labute approximate surface area is 143 Å². The minimum atomic E-state index is 0.00748. The van der Waals surface area contributed by atoms with Crippen molar-refractivity contribution in [2.24, 2.45) is 0 Å².